The van der Waals surface area contributed by atoms with Gasteiger partial charge in [0.1, 0.15) is 6.61 Å². The van der Waals surface area contributed by atoms with E-state index in [2.05, 4.69) is 24.5 Å². The first-order chi connectivity index (χ1) is 12.3. The number of hydrogen-bond acceptors (Lipinski definition) is 4. The van der Waals surface area contributed by atoms with Gasteiger partial charge in [-0.1, -0.05) is 44.2 Å². The van der Waals surface area contributed by atoms with Gasteiger partial charge in [-0.25, -0.2) is 4.79 Å². The number of benzene rings is 1. The van der Waals surface area contributed by atoms with Crippen LogP contribution in [0.4, 0.5) is 4.79 Å². The summed E-state index contributed by atoms with van der Waals surface area (Å²) in [4.78, 5) is 11.8. The van der Waals surface area contributed by atoms with E-state index in [1.54, 1.807) is 0 Å². The highest BCUT2D eigenvalue weighted by Gasteiger charge is 2.38. The zero-order valence-electron chi connectivity index (χ0n) is 16.0. The second-order valence-electron chi connectivity index (χ2n) is 8.84. The van der Waals surface area contributed by atoms with Gasteiger partial charge in [-0.15, -0.1) is 0 Å². The van der Waals surface area contributed by atoms with Crippen LogP contribution in [0.25, 0.3) is 0 Å². The van der Waals surface area contributed by atoms with Crippen molar-refractivity contribution in [1.29, 1.82) is 0 Å². The van der Waals surface area contributed by atoms with Gasteiger partial charge >= 0.3 is 6.09 Å². The number of nitrogens with one attached hydrogen (secondary N) is 2. The van der Waals surface area contributed by atoms with E-state index < -0.39 is 5.60 Å². The summed E-state index contributed by atoms with van der Waals surface area (Å²) in [6, 6.07) is 10.2. The van der Waals surface area contributed by atoms with E-state index >= 15 is 0 Å². The van der Waals surface area contributed by atoms with E-state index in [4.69, 9.17) is 4.74 Å². The maximum Gasteiger partial charge on any atom is 0.407 e. The molecule has 0 bridgehead atoms. The van der Waals surface area contributed by atoms with Gasteiger partial charge in [0.2, 0.25) is 0 Å². The van der Waals surface area contributed by atoms with Gasteiger partial charge < -0.3 is 20.5 Å². The molecule has 0 spiro atoms. The van der Waals surface area contributed by atoms with Crippen molar-refractivity contribution in [2.75, 3.05) is 6.54 Å². The molecule has 2 saturated carbocycles. The van der Waals surface area contributed by atoms with Crippen molar-refractivity contribution in [3.05, 3.63) is 35.9 Å². The Morgan fingerprint density at radius 3 is 2.42 bits per heavy atom. The van der Waals surface area contributed by atoms with Crippen LogP contribution < -0.4 is 10.6 Å². The largest absolute Gasteiger partial charge is 0.445 e. The molecule has 3 N–H and O–H groups in total. The van der Waals surface area contributed by atoms with Crippen LogP contribution in [0.15, 0.2) is 30.3 Å². The van der Waals surface area contributed by atoms with Gasteiger partial charge in [0, 0.05) is 18.6 Å². The van der Waals surface area contributed by atoms with Gasteiger partial charge in [0.25, 0.3) is 0 Å². The Hall–Kier alpha value is -1.59. The molecule has 1 aromatic carbocycles. The molecule has 0 aromatic heterocycles. The monoisotopic (exact) mass is 360 g/mol. The lowest BCUT2D eigenvalue weighted by atomic mass is 9.71. The summed E-state index contributed by atoms with van der Waals surface area (Å²) >= 11 is 0. The Kier molecular flexibility index (Phi) is 5.88. The van der Waals surface area contributed by atoms with Crippen LogP contribution in [0.2, 0.25) is 0 Å². The van der Waals surface area contributed by atoms with Crippen molar-refractivity contribution in [1.82, 2.24) is 10.6 Å². The van der Waals surface area contributed by atoms with Crippen LogP contribution >= 0.6 is 0 Å². The average molecular weight is 360 g/mol. The lowest BCUT2D eigenvalue weighted by molar-refractivity contribution is -0.0284. The number of alkyl carbamates (subject to hydrolysis) is 1. The molecule has 2 aliphatic carbocycles. The molecule has 0 radical (unpaired) electrons. The van der Waals surface area contributed by atoms with Gasteiger partial charge in [-0.05, 0) is 49.5 Å². The fourth-order valence-corrected chi connectivity index (χ4v) is 3.74. The van der Waals surface area contributed by atoms with Crippen molar-refractivity contribution in [3.8, 4) is 0 Å². The molecule has 0 aliphatic heterocycles. The smallest absolute Gasteiger partial charge is 0.407 e. The normalized spacial score (nSPS) is 26.6. The van der Waals surface area contributed by atoms with E-state index in [1.165, 1.54) is 0 Å². The SMILES string of the molecule is CC1(C)CCC(O)(CNC2CC(NC(=O)OCc3ccccc3)C2)CC1. The molecule has 2 aliphatic rings. The van der Waals surface area contributed by atoms with Crippen molar-refractivity contribution in [2.24, 2.45) is 5.41 Å². The summed E-state index contributed by atoms with van der Waals surface area (Å²) < 4.78 is 5.25. The maximum absolute atomic E-state index is 11.8. The molecule has 2 fully saturated rings. The Labute approximate surface area is 156 Å². The van der Waals surface area contributed by atoms with Crippen LogP contribution in [0.3, 0.4) is 0 Å². The topological polar surface area (TPSA) is 70.6 Å². The van der Waals surface area contributed by atoms with Crippen LogP contribution in [0, 0.1) is 5.41 Å². The molecule has 26 heavy (non-hydrogen) atoms. The summed E-state index contributed by atoms with van der Waals surface area (Å²) in [5.41, 5.74) is 0.778. The van der Waals surface area contributed by atoms with Crippen LogP contribution in [-0.4, -0.2) is 35.4 Å². The zero-order valence-corrected chi connectivity index (χ0v) is 16.0. The standard InChI is InChI=1S/C21H32N2O3/c1-20(2)8-10-21(25,11-9-20)15-22-17-12-18(13-17)23-19(24)26-14-16-6-4-3-5-7-16/h3-7,17-18,22,25H,8-15H2,1-2H3,(H,23,24). The predicted molar refractivity (Wildman–Crippen MR) is 102 cm³/mol. The molecule has 3 rings (SSSR count). The van der Waals surface area contributed by atoms with Crippen molar-refractivity contribution >= 4 is 6.09 Å². The van der Waals surface area contributed by atoms with Crippen molar-refractivity contribution in [2.45, 2.75) is 76.7 Å². The first-order valence-corrected chi connectivity index (χ1v) is 9.77. The summed E-state index contributed by atoms with van der Waals surface area (Å²) in [6.07, 6.45) is 5.32. The van der Waals surface area contributed by atoms with E-state index in [0.29, 0.717) is 24.6 Å². The third-order valence-electron chi connectivity index (χ3n) is 5.93. The minimum Gasteiger partial charge on any atom is -0.445 e. The second kappa shape index (κ2) is 7.97. The highest BCUT2D eigenvalue weighted by molar-refractivity contribution is 5.67. The summed E-state index contributed by atoms with van der Waals surface area (Å²) in [5, 5.41) is 17.1. The molecular weight excluding hydrogens is 328 g/mol. The number of aliphatic hydroxyl groups is 1. The quantitative estimate of drug-likeness (QED) is 0.727. The Morgan fingerprint density at radius 2 is 1.77 bits per heavy atom. The minimum absolute atomic E-state index is 0.163. The molecule has 0 saturated heterocycles. The van der Waals surface area contributed by atoms with Gasteiger partial charge in [0.15, 0.2) is 0 Å². The molecule has 5 nitrogen and oxygen atoms in total. The summed E-state index contributed by atoms with van der Waals surface area (Å²) in [5.74, 6) is 0. The molecular formula is C21H32N2O3. The number of ether oxygens (including phenoxy) is 1. The van der Waals surface area contributed by atoms with Gasteiger partial charge in [0.05, 0.1) is 5.60 Å². The van der Waals surface area contributed by atoms with Gasteiger partial charge in [-0.2, -0.15) is 0 Å². The number of rotatable bonds is 6. The van der Waals surface area contributed by atoms with Gasteiger partial charge in [-0.3, -0.25) is 0 Å². The van der Waals surface area contributed by atoms with Crippen molar-refractivity contribution in [3.63, 3.8) is 0 Å². The number of hydrogen-bond donors (Lipinski definition) is 3. The summed E-state index contributed by atoms with van der Waals surface area (Å²) in [6.45, 7) is 5.50. The third kappa shape index (κ3) is 5.45. The van der Waals surface area contributed by atoms with E-state index in [-0.39, 0.29) is 12.1 Å². The second-order valence-corrected chi connectivity index (χ2v) is 8.84. The van der Waals surface area contributed by atoms with Crippen LogP contribution in [-0.2, 0) is 11.3 Å². The molecule has 144 valence electrons. The molecule has 1 aromatic rings. The highest BCUT2D eigenvalue weighted by atomic mass is 16.5. The third-order valence-corrected chi connectivity index (χ3v) is 5.93. The maximum atomic E-state index is 11.8. The number of carbonyl (C=O) groups excluding carboxylic acids is 1. The van der Waals surface area contributed by atoms with Crippen LogP contribution in [0.1, 0.15) is 57.9 Å². The number of carbonyl (C=O) groups is 1. The molecule has 0 heterocycles. The van der Waals surface area contributed by atoms with E-state index in [9.17, 15) is 9.90 Å². The predicted octanol–water partition coefficient (Wildman–Crippen LogP) is 3.36. The Balaban J connectivity index is 1.29. The first-order valence-electron chi connectivity index (χ1n) is 9.77. The van der Waals surface area contributed by atoms with E-state index in [1.807, 2.05) is 30.3 Å². The summed E-state index contributed by atoms with van der Waals surface area (Å²) in [7, 11) is 0. The van der Waals surface area contributed by atoms with Crippen LogP contribution in [0.5, 0.6) is 0 Å². The fourth-order valence-electron chi connectivity index (χ4n) is 3.74. The average Bonchev–Trinajstić information content (AvgIpc) is 2.59. The first kappa shape index (κ1) is 19.2. The van der Waals surface area contributed by atoms with Crippen molar-refractivity contribution < 1.29 is 14.6 Å². The highest BCUT2D eigenvalue weighted by Crippen LogP contribution is 2.40. The lowest BCUT2D eigenvalue weighted by Gasteiger charge is -2.43. The molecule has 0 unspecified atom stereocenters. The zero-order chi connectivity index (χ0) is 18.6. The Morgan fingerprint density at radius 1 is 1.12 bits per heavy atom. The minimum atomic E-state index is -0.567. The van der Waals surface area contributed by atoms with E-state index in [0.717, 1.165) is 44.1 Å². The number of amides is 1. The molecule has 5 heteroatoms. The molecule has 0 atom stereocenters. The molecule has 1 amide bonds. The lowest BCUT2D eigenvalue weighted by Crippen LogP contribution is -2.56. The fraction of sp³-hybridized carbons (Fsp3) is 0.667. The Bertz CT molecular complexity index is 587.